The van der Waals surface area contributed by atoms with E-state index in [1.54, 1.807) is 0 Å². The number of aryl methyl sites for hydroxylation is 1. The number of nitrogens with one attached hydrogen (secondary N) is 1. The molecule has 3 heteroatoms. The molecule has 1 aromatic heterocycles. The van der Waals surface area contributed by atoms with Crippen LogP contribution in [0.1, 0.15) is 57.6 Å². The fourth-order valence-electron chi connectivity index (χ4n) is 2.07. The number of aromatic nitrogens is 2. The van der Waals surface area contributed by atoms with Crippen LogP contribution in [0.5, 0.6) is 0 Å². The highest BCUT2D eigenvalue weighted by atomic mass is 15.0. The van der Waals surface area contributed by atoms with E-state index in [0.29, 0.717) is 5.92 Å². The summed E-state index contributed by atoms with van der Waals surface area (Å²) in [5, 5.41) is 3.19. The van der Waals surface area contributed by atoms with Crippen molar-refractivity contribution in [1.82, 2.24) is 9.97 Å². The zero-order valence-corrected chi connectivity index (χ0v) is 12.2. The predicted octanol–water partition coefficient (Wildman–Crippen LogP) is 3.54. The van der Waals surface area contributed by atoms with Gasteiger partial charge in [-0.2, -0.15) is 0 Å². The molecule has 0 unspecified atom stereocenters. The van der Waals surface area contributed by atoms with Gasteiger partial charge >= 0.3 is 0 Å². The molecule has 1 N–H and O–H groups in total. The van der Waals surface area contributed by atoms with Crippen LogP contribution in [0.3, 0.4) is 0 Å². The SMILES string of the molecule is CNc1nc(CC(C)(C)C)nc(C)c1C(C)C. The quantitative estimate of drug-likeness (QED) is 0.870. The molecule has 1 rings (SSSR count). The molecule has 0 saturated carbocycles. The van der Waals surface area contributed by atoms with Crippen molar-refractivity contribution in [1.29, 1.82) is 0 Å². The van der Waals surface area contributed by atoms with Crippen molar-refractivity contribution < 1.29 is 0 Å². The Hall–Kier alpha value is -1.12. The Morgan fingerprint density at radius 1 is 1.18 bits per heavy atom. The van der Waals surface area contributed by atoms with Gasteiger partial charge in [-0.25, -0.2) is 9.97 Å². The van der Waals surface area contributed by atoms with Crippen molar-refractivity contribution in [2.24, 2.45) is 5.41 Å². The van der Waals surface area contributed by atoms with Crippen LogP contribution in [-0.2, 0) is 6.42 Å². The number of rotatable bonds is 3. The molecule has 96 valence electrons. The smallest absolute Gasteiger partial charge is 0.133 e. The Kier molecular flexibility index (Phi) is 4.12. The molecule has 0 aliphatic heterocycles. The minimum absolute atomic E-state index is 0.219. The third kappa shape index (κ3) is 3.69. The molecule has 1 aromatic rings. The second-order valence-electron chi connectivity index (χ2n) is 6.13. The van der Waals surface area contributed by atoms with Gasteiger partial charge in [-0.15, -0.1) is 0 Å². The van der Waals surface area contributed by atoms with Crippen molar-refractivity contribution in [3.05, 3.63) is 17.1 Å². The van der Waals surface area contributed by atoms with E-state index in [0.717, 1.165) is 23.8 Å². The van der Waals surface area contributed by atoms with Crippen LogP contribution in [0.15, 0.2) is 0 Å². The summed E-state index contributed by atoms with van der Waals surface area (Å²) in [4.78, 5) is 9.27. The van der Waals surface area contributed by atoms with Gasteiger partial charge in [0.25, 0.3) is 0 Å². The number of nitrogens with zero attached hydrogens (tertiary/aromatic N) is 2. The Morgan fingerprint density at radius 3 is 2.18 bits per heavy atom. The molecule has 17 heavy (non-hydrogen) atoms. The molecule has 0 spiro atoms. The van der Waals surface area contributed by atoms with Gasteiger partial charge < -0.3 is 5.32 Å². The molecule has 3 nitrogen and oxygen atoms in total. The van der Waals surface area contributed by atoms with Gasteiger partial charge in [0, 0.05) is 24.7 Å². The topological polar surface area (TPSA) is 37.8 Å². The standard InChI is InChI=1S/C14H25N3/c1-9(2)12-10(3)16-11(8-14(4,5)6)17-13(12)15-7/h9H,8H2,1-7H3,(H,15,16,17). The van der Waals surface area contributed by atoms with Crippen molar-refractivity contribution in [2.75, 3.05) is 12.4 Å². The molecule has 0 fully saturated rings. The Labute approximate surface area is 105 Å². The first-order valence-corrected chi connectivity index (χ1v) is 6.29. The van der Waals surface area contributed by atoms with E-state index in [9.17, 15) is 0 Å². The van der Waals surface area contributed by atoms with Crippen LogP contribution < -0.4 is 5.32 Å². The lowest BCUT2D eigenvalue weighted by Gasteiger charge is -2.20. The maximum Gasteiger partial charge on any atom is 0.133 e. The molecule has 0 aliphatic rings. The fraction of sp³-hybridized carbons (Fsp3) is 0.714. The van der Waals surface area contributed by atoms with E-state index < -0.39 is 0 Å². The molecular formula is C14H25N3. The molecule has 0 aliphatic carbocycles. The summed E-state index contributed by atoms with van der Waals surface area (Å²) in [6.07, 6.45) is 0.904. The van der Waals surface area contributed by atoms with Crippen LogP contribution in [0, 0.1) is 12.3 Å². The highest BCUT2D eigenvalue weighted by Gasteiger charge is 2.18. The molecule has 0 atom stereocenters. The maximum atomic E-state index is 4.64. The molecule has 0 amide bonds. The summed E-state index contributed by atoms with van der Waals surface area (Å²) in [6.45, 7) is 13.1. The third-order valence-corrected chi connectivity index (χ3v) is 2.69. The molecular weight excluding hydrogens is 210 g/mol. The zero-order valence-electron chi connectivity index (χ0n) is 12.2. The Balaban J connectivity index is 3.18. The van der Waals surface area contributed by atoms with Gasteiger partial charge in [0.1, 0.15) is 11.6 Å². The summed E-state index contributed by atoms with van der Waals surface area (Å²) in [5.41, 5.74) is 2.54. The van der Waals surface area contributed by atoms with Crippen LogP contribution in [0.4, 0.5) is 5.82 Å². The van der Waals surface area contributed by atoms with Gasteiger partial charge in [-0.3, -0.25) is 0 Å². The van der Waals surface area contributed by atoms with Crippen molar-refractivity contribution in [3.8, 4) is 0 Å². The van der Waals surface area contributed by atoms with Gasteiger partial charge in [0.05, 0.1) is 0 Å². The largest absolute Gasteiger partial charge is 0.373 e. The number of hydrogen-bond acceptors (Lipinski definition) is 3. The predicted molar refractivity (Wildman–Crippen MR) is 73.6 cm³/mol. The highest BCUT2D eigenvalue weighted by Crippen LogP contribution is 2.26. The second kappa shape index (κ2) is 5.03. The second-order valence-corrected chi connectivity index (χ2v) is 6.13. The first-order valence-electron chi connectivity index (χ1n) is 6.29. The van der Waals surface area contributed by atoms with Crippen LogP contribution in [0.2, 0.25) is 0 Å². The highest BCUT2D eigenvalue weighted by molar-refractivity contribution is 5.47. The van der Waals surface area contributed by atoms with Gasteiger partial charge in [-0.1, -0.05) is 34.6 Å². The first-order chi connectivity index (χ1) is 7.74. The van der Waals surface area contributed by atoms with E-state index in [2.05, 4.69) is 56.8 Å². The maximum absolute atomic E-state index is 4.64. The lowest BCUT2D eigenvalue weighted by atomic mass is 9.91. The normalized spacial score (nSPS) is 12.0. The minimum Gasteiger partial charge on any atom is -0.373 e. The molecule has 0 bridgehead atoms. The lowest BCUT2D eigenvalue weighted by molar-refractivity contribution is 0.400. The fourth-order valence-corrected chi connectivity index (χ4v) is 2.07. The zero-order chi connectivity index (χ0) is 13.2. The Morgan fingerprint density at radius 2 is 1.76 bits per heavy atom. The molecule has 0 saturated heterocycles. The van der Waals surface area contributed by atoms with Crippen molar-refractivity contribution in [2.45, 2.75) is 53.9 Å². The van der Waals surface area contributed by atoms with Crippen LogP contribution >= 0.6 is 0 Å². The average molecular weight is 235 g/mol. The van der Waals surface area contributed by atoms with Gasteiger partial charge in [0.15, 0.2) is 0 Å². The van der Waals surface area contributed by atoms with Crippen molar-refractivity contribution >= 4 is 5.82 Å². The van der Waals surface area contributed by atoms with Crippen LogP contribution in [0.25, 0.3) is 0 Å². The number of hydrogen-bond donors (Lipinski definition) is 1. The van der Waals surface area contributed by atoms with E-state index in [1.165, 1.54) is 5.56 Å². The third-order valence-electron chi connectivity index (χ3n) is 2.69. The minimum atomic E-state index is 0.219. The lowest BCUT2D eigenvalue weighted by Crippen LogP contribution is -2.15. The summed E-state index contributed by atoms with van der Waals surface area (Å²) in [6, 6.07) is 0. The summed E-state index contributed by atoms with van der Waals surface area (Å²) < 4.78 is 0. The van der Waals surface area contributed by atoms with Crippen LogP contribution in [-0.4, -0.2) is 17.0 Å². The van der Waals surface area contributed by atoms with E-state index >= 15 is 0 Å². The van der Waals surface area contributed by atoms with E-state index in [1.807, 2.05) is 7.05 Å². The Bertz CT molecular complexity index is 389. The van der Waals surface area contributed by atoms with E-state index in [-0.39, 0.29) is 5.41 Å². The first kappa shape index (κ1) is 13.9. The molecule has 0 aromatic carbocycles. The summed E-state index contributed by atoms with van der Waals surface area (Å²) in [5.74, 6) is 2.36. The molecule has 1 heterocycles. The summed E-state index contributed by atoms with van der Waals surface area (Å²) >= 11 is 0. The van der Waals surface area contributed by atoms with E-state index in [4.69, 9.17) is 0 Å². The van der Waals surface area contributed by atoms with Gasteiger partial charge in [0.2, 0.25) is 0 Å². The van der Waals surface area contributed by atoms with Gasteiger partial charge in [-0.05, 0) is 18.3 Å². The summed E-state index contributed by atoms with van der Waals surface area (Å²) in [7, 11) is 1.93. The molecule has 0 radical (unpaired) electrons. The average Bonchev–Trinajstić information content (AvgIpc) is 2.12. The number of anilines is 1. The van der Waals surface area contributed by atoms with Crippen molar-refractivity contribution in [3.63, 3.8) is 0 Å². The monoisotopic (exact) mass is 235 g/mol.